The maximum atomic E-state index is 12.4. The molecule has 0 radical (unpaired) electrons. The van der Waals surface area contributed by atoms with E-state index in [0.717, 1.165) is 53.1 Å². The lowest BCUT2D eigenvalue weighted by Gasteiger charge is -2.16. The van der Waals surface area contributed by atoms with Crippen molar-refractivity contribution in [1.29, 1.82) is 0 Å². The van der Waals surface area contributed by atoms with Crippen molar-refractivity contribution in [2.24, 2.45) is 0 Å². The highest BCUT2D eigenvalue weighted by Crippen LogP contribution is 2.38. The van der Waals surface area contributed by atoms with Crippen LogP contribution < -0.4 is 14.8 Å². The first-order chi connectivity index (χ1) is 13.6. The van der Waals surface area contributed by atoms with Crippen LogP contribution in [0.25, 0.3) is 22.2 Å². The van der Waals surface area contributed by atoms with E-state index < -0.39 is 17.7 Å². The number of halogens is 1. The minimum Gasteiger partial charge on any atom is -0.491 e. The number of fused-ring (bicyclic) bond motifs is 1. The molecule has 2 heterocycles. The van der Waals surface area contributed by atoms with Gasteiger partial charge in [0.15, 0.2) is 0 Å². The van der Waals surface area contributed by atoms with Crippen molar-refractivity contribution >= 4 is 33.3 Å². The Hall–Kier alpha value is -2.54. The van der Waals surface area contributed by atoms with Crippen molar-refractivity contribution in [3.05, 3.63) is 42.5 Å². The number of hydrogen-bond acceptors (Lipinski definition) is 3. The molecule has 1 aromatic heterocycles. The van der Waals surface area contributed by atoms with E-state index in [0.29, 0.717) is 11.4 Å². The summed E-state index contributed by atoms with van der Waals surface area (Å²) >= 11 is 0. The number of aromatic nitrogens is 1. The molecule has 0 bridgehead atoms. The monoisotopic (exact) mass is 401 g/mol. The standard InChI is InChI=1S/C21H24FN3O2S/c1-2-24-19-14-17(27-12-10-22)8-9-18(19)20(23)21(24)15-4-6-16(7-5-15)25-11-3-13-28(25)26/h4-9,14H,2-3,10-13,23H2,1H3. The van der Waals surface area contributed by atoms with Crippen LogP contribution in [0.5, 0.6) is 5.75 Å². The molecular formula is C21H24FN3O2S. The van der Waals surface area contributed by atoms with Gasteiger partial charge in [0.1, 0.15) is 30.0 Å². The first-order valence-corrected chi connectivity index (χ1v) is 10.8. The molecule has 4 rings (SSSR count). The van der Waals surface area contributed by atoms with Crippen molar-refractivity contribution in [3.8, 4) is 17.0 Å². The van der Waals surface area contributed by atoms with Crippen molar-refractivity contribution < 1.29 is 13.3 Å². The highest BCUT2D eigenvalue weighted by molar-refractivity contribution is 7.86. The first kappa shape index (κ1) is 18.8. The smallest absolute Gasteiger partial charge is 0.123 e. The number of nitrogen functional groups attached to an aromatic ring is 1. The lowest BCUT2D eigenvalue weighted by molar-refractivity contribution is 0.273. The van der Waals surface area contributed by atoms with Gasteiger partial charge in [0.05, 0.1) is 16.9 Å². The number of alkyl halides is 1. The fourth-order valence-electron chi connectivity index (χ4n) is 3.82. The summed E-state index contributed by atoms with van der Waals surface area (Å²) in [5.74, 6) is 1.36. The molecule has 1 atom stereocenters. The van der Waals surface area contributed by atoms with Gasteiger partial charge in [0.25, 0.3) is 0 Å². The highest BCUT2D eigenvalue weighted by Gasteiger charge is 2.21. The van der Waals surface area contributed by atoms with Gasteiger partial charge in [-0.05, 0) is 37.6 Å². The Bertz CT molecular complexity index is 1020. The molecule has 0 aliphatic carbocycles. The third kappa shape index (κ3) is 3.24. The average Bonchev–Trinajstić information content (AvgIpc) is 3.27. The molecule has 5 nitrogen and oxygen atoms in total. The van der Waals surface area contributed by atoms with E-state index in [1.807, 2.05) is 46.8 Å². The summed E-state index contributed by atoms with van der Waals surface area (Å²) in [6.45, 7) is 3.16. The minimum atomic E-state index is -0.928. The molecule has 1 aliphatic rings. The van der Waals surface area contributed by atoms with Crippen LogP contribution in [0.4, 0.5) is 15.8 Å². The minimum absolute atomic E-state index is 0.0417. The molecule has 1 saturated heterocycles. The second-order valence-corrected chi connectivity index (χ2v) is 8.24. The summed E-state index contributed by atoms with van der Waals surface area (Å²) in [6.07, 6.45) is 0.957. The highest BCUT2D eigenvalue weighted by atomic mass is 32.2. The zero-order valence-corrected chi connectivity index (χ0v) is 16.7. The molecule has 1 unspecified atom stereocenters. The Kier molecular flexibility index (Phi) is 5.26. The third-order valence-electron chi connectivity index (χ3n) is 5.09. The number of rotatable bonds is 6. The first-order valence-electron chi connectivity index (χ1n) is 9.51. The van der Waals surface area contributed by atoms with Crippen LogP contribution in [0.15, 0.2) is 42.5 Å². The number of nitrogens with two attached hydrogens (primary N) is 1. The van der Waals surface area contributed by atoms with E-state index in [4.69, 9.17) is 10.5 Å². The number of anilines is 2. The fraction of sp³-hybridized carbons (Fsp3) is 0.333. The zero-order valence-electron chi connectivity index (χ0n) is 15.9. The number of benzene rings is 2. The normalized spacial score (nSPS) is 16.8. The van der Waals surface area contributed by atoms with Gasteiger partial charge in [0.2, 0.25) is 0 Å². The SMILES string of the molecule is CCn1c(-c2ccc(N3CCCS3=O)cc2)c(N)c2ccc(OCCF)cc21. The molecule has 3 aromatic rings. The number of nitrogens with zero attached hydrogens (tertiary/aromatic N) is 2. The average molecular weight is 402 g/mol. The maximum Gasteiger partial charge on any atom is 0.123 e. The summed E-state index contributed by atoms with van der Waals surface area (Å²) in [5.41, 5.74) is 11.1. The van der Waals surface area contributed by atoms with Gasteiger partial charge in [-0.1, -0.05) is 12.1 Å². The van der Waals surface area contributed by atoms with Crippen molar-refractivity contribution in [2.45, 2.75) is 19.9 Å². The predicted octanol–water partition coefficient (Wildman–Crippen LogP) is 4.13. The van der Waals surface area contributed by atoms with E-state index >= 15 is 0 Å². The Labute approximate surface area is 166 Å². The lowest BCUT2D eigenvalue weighted by Crippen LogP contribution is -2.19. The third-order valence-corrected chi connectivity index (χ3v) is 6.61. The van der Waals surface area contributed by atoms with Crippen LogP contribution >= 0.6 is 0 Å². The quantitative estimate of drug-likeness (QED) is 0.676. The van der Waals surface area contributed by atoms with Gasteiger partial charge in [0, 0.05) is 41.5 Å². The van der Waals surface area contributed by atoms with Crippen LogP contribution in [0, 0.1) is 0 Å². The Morgan fingerprint density at radius 2 is 2.00 bits per heavy atom. The molecule has 2 aromatic carbocycles. The second kappa shape index (κ2) is 7.83. The predicted molar refractivity (Wildman–Crippen MR) is 114 cm³/mol. The fourth-order valence-corrected chi connectivity index (χ4v) is 5.10. The molecule has 0 saturated carbocycles. The Morgan fingerprint density at radius 3 is 2.64 bits per heavy atom. The van der Waals surface area contributed by atoms with Gasteiger partial charge in [-0.2, -0.15) is 0 Å². The van der Waals surface area contributed by atoms with E-state index in [9.17, 15) is 8.60 Å². The van der Waals surface area contributed by atoms with Gasteiger partial charge >= 0.3 is 0 Å². The van der Waals surface area contributed by atoms with Crippen molar-refractivity contribution in [1.82, 2.24) is 4.57 Å². The van der Waals surface area contributed by atoms with Crippen LogP contribution in [-0.2, 0) is 17.5 Å². The second-order valence-electron chi connectivity index (χ2n) is 6.75. The van der Waals surface area contributed by atoms with Crippen LogP contribution in [-0.4, -0.2) is 34.4 Å². The van der Waals surface area contributed by atoms with Gasteiger partial charge in [-0.3, -0.25) is 4.31 Å². The van der Waals surface area contributed by atoms with Crippen molar-refractivity contribution in [2.75, 3.05) is 35.6 Å². The molecule has 0 amide bonds. The molecule has 1 aliphatic heterocycles. The molecule has 7 heteroatoms. The largest absolute Gasteiger partial charge is 0.491 e. The Morgan fingerprint density at radius 1 is 1.21 bits per heavy atom. The summed E-state index contributed by atoms with van der Waals surface area (Å²) in [4.78, 5) is 0. The molecule has 2 N–H and O–H groups in total. The summed E-state index contributed by atoms with van der Waals surface area (Å²) < 4.78 is 34.0. The summed E-state index contributed by atoms with van der Waals surface area (Å²) in [6, 6.07) is 13.7. The van der Waals surface area contributed by atoms with E-state index in [2.05, 4.69) is 11.5 Å². The molecular weight excluding hydrogens is 377 g/mol. The van der Waals surface area contributed by atoms with Crippen LogP contribution in [0.3, 0.4) is 0 Å². The summed E-state index contributed by atoms with van der Waals surface area (Å²) in [5, 5.41) is 0.953. The molecule has 28 heavy (non-hydrogen) atoms. The van der Waals surface area contributed by atoms with Gasteiger partial charge < -0.3 is 15.0 Å². The van der Waals surface area contributed by atoms with Crippen molar-refractivity contribution in [3.63, 3.8) is 0 Å². The van der Waals surface area contributed by atoms with Crippen LogP contribution in [0.2, 0.25) is 0 Å². The van der Waals surface area contributed by atoms with E-state index in [1.54, 1.807) is 0 Å². The van der Waals surface area contributed by atoms with Gasteiger partial charge in [-0.15, -0.1) is 0 Å². The molecule has 148 valence electrons. The maximum absolute atomic E-state index is 12.4. The van der Waals surface area contributed by atoms with E-state index in [-0.39, 0.29) is 6.61 Å². The van der Waals surface area contributed by atoms with Gasteiger partial charge in [-0.25, -0.2) is 8.60 Å². The molecule has 1 fully saturated rings. The Balaban J connectivity index is 1.75. The number of aryl methyl sites for hydroxylation is 1. The zero-order chi connectivity index (χ0) is 19.7. The summed E-state index contributed by atoms with van der Waals surface area (Å²) in [7, 11) is -0.928. The number of ether oxygens (including phenoxy) is 1. The van der Waals surface area contributed by atoms with E-state index in [1.165, 1.54) is 0 Å². The lowest BCUT2D eigenvalue weighted by atomic mass is 10.1. The van der Waals surface area contributed by atoms with Crippen LogP contribution in [0.1, 0.15) is 13.3 Å². The topological polar surface area (TPSA) is 60.5 Å². The number of hydrogen-bond donors (Lipinski definition) is 1. The molecule has 0 spiro atoms.